The molecule has 0 saturated carbocycles. The second kappa shape index (κ2) is 8.15. The maximum Gasteiger partial charge on any atom is 0.513 e. The minimum Gasteiger partial charge on any atom is -0.491 e. The van der Waals surface area contributed by atoms with Gasteiger partial charge in [0.05, 0.1) is 24.8 Å². The molecule has 4 rings (SSSR count). The van der Waals surface area contributed by atoms with Crippen molar-refractivity contribution in [3.63, 3.8) is 0 Å². The summed E-state index contributed by atoms with van der Waals surface area (Å²) in [6.45, 7) is 0.987. The second-order valence-electron chi connectivity index (χ2n) is 6.16. The van der Waals surface area contributed by atoms with Crippen molar-refractivity contribution in [2.24, 2.45) is 0 Å². The van der Waals surface area contributed by atoms with E-state index in [1.54, 1.807) is 25.6 Å². The van der Waals surface area contributed by atoms with Crippen LogP contribution in [0.1, 0.15) is 0 Å². The van der Waals surface area contributed by atoms with Crippen LogP contribution in [-0.2, 0) is 9.47 Å². The molecule has 0 unspecified atom stereocenters. The van der Waals surface area contributed by atoms with Crippen molar-refractivity contribution in [1.82, 2.24) is 14.5 Å². The van der Waals surface area contributed by atoms with Crippen LogP contribution in [-0.4, -0.2) is 48.1 Å². The highest BCUT2D eigenvalue weighted by Crippen LogP contribution is 2.27. The van der Waals surface area contributed by atoms with E-state index in [4.69, 9.17) is 14.2 Å². The molecule has 0 N–H and O–H groups in total. The molecule has 148 valence electrons. The molecule has 0 spiro atoms. The van der Waals surface area contributed by atoms with Gasteiger partial charge in [-0.2, -0.15) is 0 Å². The van der Waals surface area contributed by atoms with E-state index < -0.39 is 6.16 Å². The van der Waals surface area contributed by atoms with E-state index in [1.165, 1.54) is 7.11 Å². The van der Waals surface area contributed by atoms with Gasteiger partial charge in [-0.15, -0.1) is 0 Å². The zero-order valence-corrected chi connectivity index (χ0v) is 16.0. The Bertz CT molecular complexity index is 1170. The van der Waals surface area contributed by atoms with Crippen molar-refractivity contribution in [2.45, 2.75) is 0 Å². The highest BCUT2D eigenvalue weighted by atomic mass is 16.7. The highest BCUT2D eigenvalue weighted by Gasteiger charge is 2.12. The third-order valence-electron chi connectivity index (χ3n) is 4.35. The zero-order valence-electron chi connectivity index (χ0n) is 16.0. The van der Waals surface area contributed by atoms with Crippen LogP contribution in [0.5, 0.6) is 11.5 Å². The Hall–Kier alpha value is -3.65. The monoisotopic (exact) mass is 393 g/mol. The van der Waals surface area contributed by atoms with E-state index in [9.17, 15) is 4.79 Å². The third-order valence-corrected chi connectivity index (χ3v) is 4.35. The minimum atomic E-state index is -0.793. The summed E-state index contributed by atoms with van der Waals surface area (Å²) in [5.74, 6) is 1.70. The summed E-state index contributed by atoms with van der Waals surface area (Å²) < 4.78 is 22.3. The fraction of sp³-hybridized carbons (Fsp3) is 0.190. The van der Waals surface area contributed by atoms with Gasteiger partial charge in [0.25, 0.3) is 0 Å². The number of aromatic nitrogens is 3. The first-order chi connectivity index (χ1) is 14.2. The molecule has 4 aromatic rings. The van der Waals surface area contributed by atoms with E-state index >= 15 is 0 Å². The maximum atomic E-state index is 11.5. The van der Waals surface area contributed by atoms with Crippen molar-refractivity contribution in [3.8, 4) is 17.3 Å². The predicted molar refractivity (Wildman–Crippen MR) is 107 cm³/mol. The normalized spacial score (nSPS) is 11.0. The molecule has 0 amide bonds. The third kappa shape index (κ3) is 3.83. The first-order valence-corrected chi connectivity index (χ1v) is 8.94. The molecule has 0 saturated heterocycles. The van der Waals surface area contributed by atoms with Gasteiger partial charge >= 0.3 is 6.16 Å². The van der Waals surface area contributed by atoms with Crippen LogP contribution >= 0.6 is 0 Å². The summed E-state index contributed by atoms with van der Waals surface area (Å²) in [5, 5.41) is 0.841. The lowest BCUT2D eigenvalue weighted by atomic mass is 10.2. The second-order valence-corrected chi connectivity index (χ2v) is 6.16. The van der Waals surface area contributed by atoms with Crippen LogP contribution in [0.3, 0.4) is 0 Å². The summed E-state index contributed by atoms with van der Waals surface area (Å²) in [6, 6.07) is 14.8. The molecular weight excluding hydrogens is 374 g/mol. The summed E-state index contributed by atoms with van der Waals surface area (Å²) in [5.41, 5.74) is 2.21. The van der Waals surface area contributed by atoms with Crippen molar-refractivity contribution < 1.29 is 23.7 Å². The van der Waals surface area contributed by atoms with Crippen LogP contribution < -0.4 is 9.47 Å². The van der Waals surface area contributed by atoms with Crippen molar-refractivity contribution in [1.29, 1.82) is 0 Å². The number of ether oxygens (including phenoxy) is 4. The molecule has 29 heavy (non-hydrogen) atoms. The van der Waals surface area contributed by atoms with Gasteiger partial charge in [0.15, 0.2) is 5.75 Å². The summed E-state index contributed by atoms with van der Waals surface area (Å²) >= 11 is 0. The molecule has 2 aromatic heterocycles. The average Bonchev–Trinajstić information content (AvgIpc) is 3.17. The number of methoxy groups -OCH3 is 2. The number of nitrogens with zero attached hydrogens (tertiary/aromatic N) is 3. The number of hydrogen-bond acceptors (Lipinski definition) is 7. The predicted octanol–water partition coefficient (Wildman–Crippen LogP) is 3.74. The molecule has 0 aliphatic rings. The number of imidazole rings is 1. The van der Waals surface area contributed by atoms with Gasteiger partial charge < -0.3 is 18.9 Å². The Labute approximate surface area is 166 Å². The Morgan fingerprint density at radius 1 is 1.07 bits per heavy atom. The van der Waals surface area contributed by atoms with Crippen molar-refractivity contribution >= 4 is 28.1 Å². The zero-order chi connectivity index (χ0) is 20.2. The number of para-hydroxylation sites is 1. The number of rotatable bonds is 6. The Balaban J connectivity index is 1.71. The highest BCUT2D eigenvalue weighted by molar-refractivity contribution is 5.87. The van der Waals surface area contributed by atoms with Crippen LogP contribution in [0.2, 0.25) is 0 Å². The number of benzene rings is 2. The topological polar surface area (TPSA) is 84.7 Å². The van der Waals surface area contributed by atoms with E-state index in [1.807, 2.05) is 41.0 Å². The van der Waals surface area contributed by atoms with E-state index in [0.29, 0.717) is 30.3 Å². The number of fused-ring (bicyclic) bond motifs is 2. The Morgan fingerprint density at radius 3 is 2.79 bits per heavy atom. The van der Waals surface area contributed by atoms with Gasteiger partial charge in [-0.3, -0.25) is 4.57 Å². The molecule has 2 heterocycles. The summed E-state index contributed by atoms with van der Waals surface area (Å²) in [7, 11) is 2.89. The molecule has 0 aliphatic carbocycles. The molecule has 0 bridgehead atoms. The fourth-order valence-electron chi connectivity index (χ4n) is 2.97. The first-order valence-electron chi connectivity index (χ1n) is 8.94. The lowest BCUT2D eigenvalue weighted by molar-refractivity contribution is 0.122. The lowest BCUT2D eigenvalue weighted by Crippen LogP contribution is -2.08. The molecule has 0 atom stereocenters. The molecular formula is C21H19N3O5. The standard InChI is InChI=1S/C21H19N3O5/c1-26-10-11-28-15-7-8-17-16(12-15)22-13-24(17)19-9-6-14-4-3-5-18(20(14)23-19)29-21(25)27-2/h3-9,12-13H,10-11H2,1-2H3. The lowest BCUT2D eigenvalue weighted by Gasteiger charge is -2.09. The maximum absolute atomic E-state index is 11.5. The minimum absolute atomic E-state index is 0.328. The molecule has 0 aliphatic heterocycles. The van der Waals surface area contributed by atoms with Crippen molar-refractivity contribution in [2.75, 3.05) is 27.4 Å². The van der Waals surface area contributed by atoms with Crippen LogP contribution in [0.15, 0.2) is 54.9 Å². The van der Waals surface area contributed by atoms with Gasteiger partial charge in [0.1, 0.15) is 30.0 Å². The molecule has 2 aromatic carbocycles. The van der Waals surface area contributed by atoms with E-state index in [-0.39, 0.29) is 0 Å². The van der Waals surface area contributed by atoms with Crippen molar-refractivity contribution in [3.05, 3.63) is 54.9 Å². The summed E-state index contributed by atoms with van der Waals surface area (Å²) in [4.78, 5) is 20.7. The Morgan fingerprint density at radius 2 is 1.97 bits per heavy atom. The largest absolute Gasteiger partial charge is 0.513 e. The van der Waals surface area contributed by atoms with Gasteiger partial charge in [0.2, 0.25) is 0 Å². The fourth-order valence-corrected chi connectivity index (χ4v) is 2.97. The average molecular weight is 393 g/mol. The molecule has 0 fully saturated rings. The molecule has 8 nitrogen and oxygen atoms in total. The molecule has 0 radical (unpaired) electrons. The smallest absolute Gasteiger partial charge is 0.491 e. The molecule has 8 heteroatoms. The van der Waals surface area contributed by atoms with Crippen LogP contribution in [0.4, 0.5) is 4.79 Å². The SMILES string of the molecule is COCCOc1ccc2c(c1)ncn2-c1ccc2cccc(OC(=O)OC)c2n1. The van der Waals surface area contributed by atoms with Gasteiger partial charge in [-0.1, -0.05) is 12.1 Å². The van der Waals surface area contributed by atoms with Gasteiger partial charge in [-0.05, 0) is 30.3 Å². The van der Waals surface area contributed by atoms with Gasteiger partial charge in [-0.25, -0.2) is 14.8 Å². The number of pyridine rings is 1. The first kappa shape index (κ1) is 18.7. The van der Waals surface area contributed by atoms with Crippen LogP contribution in [0.25, 0.3) is 27.8 Å². The summed E-state index contributed by atoms with van der Waals surface area (Å²) in [6.07, 6.45) is 0.903. The van der Waals surface area contributed by atoms with E-state index in [0.717, 1.165) is 22.2 Å². The van der Waals surface area contributed by atoms with E-state index in [2.05, 4.69) is 14.7 Å². The number of carbonyl (C=O) groups is 1. The quantitative estimate of drug-likeness (QED) is 0.280. The number of hydrogen-bond donors (Lipinski definition) is 0. The number of carbonyl (C=O) groups excluding carboxylic acids is 1. The Kier molecular flexibility index (Phi) is 5.26. The van der Waals surface area contributed by atoms with Gasteiger partial charge in [0, 0.05) is 18.6 Å². The van der Waals surface area contributed by atoms with Crippen LogP contribution in [0, 0.1) is 0 Å².